The van der Waals surface area contributed by atoms with Gasteiger partial charge in [-0.05, 0) is 79.1 Å². The van der Waals surface area contributed by atoms with Gasteiger partial charge in [0.1, 0.15) is 29.8 Å². The number of hydrogen-bond donors (Lipinski definition) is 1. The van der Waals surface area contributed by atoms with Crippen LogP contribution in [0.15, 0.2) is 58.1 Å². The summed E-state index contributed by atoms with van der Waals surface area (Å²) < 4.78 is 11.5. The molecule has 0 radical (unpaired) electrons. The first-order chi connectivity index (χ1) is 15.4. The maximum Gasteiger partial charge on any atom is 0.283 e. The van der Waals surface area contributed by atoms with Crippen LogP contribution in [-0.4, -0.2) is 40.2 Å². The van der Waals surface area contributed by atoms with Crippen LogP contribution in [0, 0.1) is 19.3 Å². The first kappa shape index (κ1) is 21.8. The Labute approximate surface area is 191 Å². The quantitative estimate of drug-likeness (QED) is 0.486. The number of aryl methyl sites for hydroxylation is 2. The number of aliphatic imine (C=N–C) groups is 1. The number of nitrogens with zero attached hydrogens (tertiary/aromatic N) is 3. The molecule has 1 amide bonds. The Hall–Kier alpha value is -3.39. The average Bonchev–Trinajstić information content (AvgIpc) is 3.21. The number of carbonyl (C=O) groups is 1. The second-order valence-corrected chi connectivity index (χ2v) is 8.42. The van der Waals surface area contributed by atoms with E-state index in [0.29, 0.717) is 24.1 Å². The minimum atomic E-state index is -0.426. The summed E-state index contributed by atoms with van der Waals surface area (Å²) in [5.41, 5.74) is 3.42. The van der Waals surface area contributed by atoms with Gasteiger partial charge in [-0.25, -0.2) is 0 Å². The third kappa shape index (κ3) is 4.75. The van der Waals surface area contributed by atoms with Crippen LogP contribution in [0.25, 0.3) is 6.08 Å². The summed E-state index contributed by atoms with van der Waals surface area (Å²) in [6, 6.07) is 13.3. The van der Waals surface area contributed by atoms with Gasteiger partial charge in [0.25, 0.3) is 5.91 Å². The third-order valence-electron chi connectivity index (χ3n) is 5.09. The molecule has 2 aromatic rings. The molecule has 1 N–H and O–H groups in total. The van der Waals surface area contributed by atoms with Crippen LogP contribution in [0.1, 0.15) is 30.0 Å². The van der Waals surface area contributed by atoms with Crippen molar-refractivity contribution in [2.45, 2.75) is 27.2 Å². The molecule has 0 aliphatic carbocycles. The molecular formula is C24H24N4O3S. The molecule has 2 aliphatic heterocycles. The lowest BCUT2D eigenvalue weighted by Gasteiger charge is -2.20. The summed E-state index contributed by atoms with van der Waals surface area (Å²) >= 11 is 1.33. The molecule has 0 aromatic heterocycles. The van der Waals surface area contributed by atoms with E-state index in [9.17, 15) is 4.79 Å². The molecule has 0 spiro atoms. The lowest BCUT2D eigenvalue weighted by Crippen LogP contribution is -2.35. The van der Waals surface area contributed by atoms with Crippen LogP contribution in [0.2, 0.25) is 0 Å². The van der Waals surface area contributed by atoms with Crippen LogP contribution in [-0.2, 0) is 4.79 Å². The summed E-state index contributed by atoms with van der Waals surface area (Å²) in [5, 5.41) is 15.4. The molecule has 2 aromatic carbocycles. The largest absolute Gasteiger partial charge is 0.490 e. The molecule has 0 saturated heterocycles. The predicted octanol–water partition coefficient (Wildman–Crippen LogP) is 4.79. The molecule has 0 atom stereocenters. The molecule has 2 heterocycles. The van der Waals surface area contributed by atoms with Gasteiger partial charge < -0.3 is 9.47 Å². The van der Waals surface area contributed by atoms with Crippen molar-refractivity contribution in [2.75, 3.05) is 13.2 Å². The Bertz CT molecular complexity index is 1150. The molecule has 0 unspecified atom stereocenters. The van der Waals surface area contributed by atoms with Crippen molar-refractivity contribution in [2.24, 2.45) is 10.1 Å². The molecule has 8 heteroatoms. The zero-order valence-corrected chi connectivity index (χ0v) is 19.0. The van der Waals surface area contributed by atoms with Gasteiger partial charge in [-0.1, -0.05) is 25.1 Å². The molecule has 32 heavy (non-hydrogen) atoms. The second-order valence-electron chi connectivity index (χ2n) is 7.38. The SMILES string of the molecule is CCC1=NN2C(=N)C(=Cc3ccc(OCCOc4ccc(C)c(C)c4)cc3)C(=O)N=C2S1. The van der Waals surface area contributed by atoms with E-state index in [0.717, 1.165) is 22.8 Å². The van der Waals surface area contributed by atoms with Crippen LogP contribution in [0.3, 0.4) is 0 Å². The topological polar surface area (TPSA) is 87.3 Å². The highest BCUT2D eigenvalue weighted by atomic mass is 32.2. The highest BCUT2D eigenvalue weighted by Gasteiger charge is 2.34. The van der Waals surface area contributed by atoms with Gasteiger partial charge in [-0.15, -0.1) is 0 Å². The van der Waals surface area contributed by atoms with Gasteiger partial charge in [0, 0.05) is 0 Å². The van der Waals surface area contributed by atoms with Crippen molar-refractivity contribution in [3.63, 3.8) is 0 Å². The number of nitrogens with one attached hydrogen (secondary N) is 1. The van der Waals surface area contributed by atoms with Gasteiger partial charge >= 0.3 is 0 Å². The van der Waals surface area contributed by atoms with E-state index in [1.807, 2.05) is 49.4 Å². The summed E-state index contributed by atoms with van der Waals surface area (Å²) in [6.45, 7) is 6.96. The maximum atomic E-state index is 12.4. The molecular weight excluding hydrogens is 424 g/mol. The first-order valence-electron chi connectivity index (χ1n) is 10.4. The highest BCUT2D eigenvalue weighted by Crippen LogP contribution is 2.29. The second kappa shape index (κ2) is 9.40. The Morgan fingerprint density at radius 3 is 2.41 bits per heavy atom. The number of hydrogen-bond acceptors (Lipinski definition) is 6. The number of thioether (sulfide) groups is 1. The summed E-state index contributed by atoms with van der Waals surface area (Å²) in [4.78, 5) is 16.5. The Kier molecular flexibility index (Phi) is 6.41. The Morgan fingerprint density at radius 2 is 1.72 bits per heavy atom. The summed E-state index contributed by atoms with van der Waals surface area (Å²) in [7, 11) is 0. The maximum absolute atomic E-state index is 12.4. The number of hydrazone groups is 1. The lowest BCUT2D eigenvalue weighted by atomic mass is 10.1. The van der Waals surface area contributed by atoms with Crippen molar-refractivity contribution in [3.05, 3.63) is 64.7 Å². The van der Waals surface area contributed by atoms with E-state index in [1.165, 1.54) is 27.9 Å². The average molecular weight is 449 g/mol. The minimum absolute atomic E-state index is 0.0415. The van der Waals surface area contributed by atoms with E-state index in [4.69, 9.17) is 14.9 Å². The van der Waals surface area contributed by atoms with Crippen molar-refractivity contribution < 1.29 is 14.3 Å². The normalized spacial score (nSPS) is 16.7. The summed E-state index contributed by atoms with van der Waals surface area (Å²) in [6.07, 6.45) is 2.39. The minimum Gasteiger partial charge on any atom is -0.490 e. The number of amidine groups is 2. The number of rotatable bonds is 7. The van der Waals surface area contributed by atoms with Crippen molar-refractivity contribution in [1.29, 1.82) is 5.41 Å². The molecule has 0 saturated carbocycles. The monoisotopic (exact) mass is 448 g/mol. The number of benzene rings is 2. The van der Waals surface area contributed by atoms with Crippen molar-refractivity contribution in [3.8, 4) is 11.5 Å². The van der Waals surface area contributed by atoms with Crippen molar-refractivity contribution in [1.82, 2.24) is 5.01 Å². The van der Waals surface area contributed by atoms with Crippen LogP contribution in [0.5, 0.6) is 11.5 Å². The van der Waals surface area contributed by atoms with Crippen LogP contribution >= 0.6 is 11.8 Å². The lowest BCUT2D eigenvalue weighted by molar-refractivity contribution is -0.114. The van der Waals surface area contributed by atoms with E-state index in [2.05, 4.69) is 23.9 Å². The molecule has 0 fully saturated rings. The standard InChI is InChI=1S/C24H24N4O3S/c1-4-21-27-28-22(25)20(23(29)26-24(28)32-21)14-17-6-9-18(10-7-17)30-11-12-31-19-8-5-15(2)16(3)13-19/h5-10,13-14,25H,4,11-12H2,1-3H3. The molecule has 164 valence electrons. The fourth-order valence-corrected chi connectivity index (χ4v) is 3.95. The molecule has 4 rings (SSSR count). The molecule has 2 aliphatic rings. The van der Waals surface area contributed by atoms with Crippen LogP contribution in [0.4, 0.5) is 0 Å². The van der Waals surface area contributed by atoms with Gasteiger partial charge in [-0.3, -0.25) is 10.2 Å². The number of amides is 1. The zero-order chi connectivity index (χ0) is 22.7. The molecule has 7 nitrogen and oxygen atoms in total. The van der Waals surface area contributed by atoms with Gasteiger partial charge in [0.2, 0.25) is 5.17 Å². The van der Waals surface area contributed by atoms with Gasteiger partial charge in [-0.2, -0.15) is 15.1 Å². The van der Waals surface area contributed by atoms with E-state index >= 15 is 0 Å². The summed E-state index contributed by atoms with van der Waals surface area (Å²) in [5.74, 6) is 1.15. The van der Waals surface area contributed by atoms with Gasteiger partial charge in [0.15, 0.2) is 5.84 Å². The third-order valence-corrected chi connectivity index (χ3v) is 6.14. The van der Waals surface area contributed by atoms with Gasteiger partial charge in [0.05, 0.1) is 5.57 Å². The fraction of sp³-hybridized carbons (Fsp3) is 0.250. The smallest absolute Gasteiger partial charge is 0.283 e. The Morgan fingerprint density at radius 1 is 1.03 bits per heavy atom. The number of carbonyl (C=O) groups excluding carboxylic acids is 1. The zero-order valence-electron chi connectivity index (χ0n) is 18.2. The molecule has 0 bridgehead atoms. The number of fused-ring (bicyclic) bond motifs is 1. The number of ether oxygens (including phenoxy) is 2. The van der Waals surface area contributed by atoms with E-state index in [-0.39, 0.29) is 11.4 Å². The first-order valence-corrected chi connectivity index (χ1v) is 11.2. The van der Waals surface area contributed by atoms with E-state index < -0.39 is 5.91 Å². The predicted molar refractivity (Wildman–Crippen MR) is 129 cm³/mol. The van der Waals surface area contributed by atoms with Crippen molar-refractivity contribution >= 4 is 39.8 Å². The van der Waals surface area contributed by atoms with E-state index in [1.54, 1.807) is 6.08 Å². The fourth-order valence-electron chi connectivity index (χ4n) is 3.12. The Balaban J connectivity index is 1.35. The highest BCUT2D eigenvalue weighted by molar-refractivity contribution is 8.26. The van der Waals surface area contributed by atoms with Crippen LogP contribution < -0.4 is 9.47 Å².